The summed E-state index contributed by atoms with van der Waals surface area (Å²) in [5.41, 5.74) is 5.48. The van der Waals surface area contributed by atoms with Crippen molar-refractivity contribution in [3.63, 3.8) is 0 Å². The summed E-state index contributed by atoms with van der Waals surface area (Å²) in [6, 6.07) is 44.7. The minimum absolute atomic E-state index is 0.586. The molecule has 10 aromatic rings. The van der Waals surface area contributed by atoms with Gasteiger partial charge in [-0.15, -0.1) is 11.3 Å². The average Bonchev–Trinajstić information content (AvgIpc) is 3.73. The first kappa shape index (κ1) is 23.1. The van der Waals surface area contributed by atoms with Gasteiger partial charge in [0.25, 0.3) is 0 Å². The van der Waals surface area contributed by atoms with Crippen LogP contribution in [0.3, 0.4) is 0 Å². The zero-order valence-electron chi connectivity index (χ0n) is 22.8. The molecule has 0 spiro atoms. The Bertz CT molecular complexity index is 2740. The van der Waals surface area contributed by atoms with Crippen LogP contribution in [0.2, 0.25) is 0 Å². The average molecular weight is 568 g/mol. The number of aromatic nitrogens is 3. The Hall–Kier alpha value is -5.52. The lowest BCUT2D eigenvalue weighted by Gasteiger charge is -2.11. The molecule has 5 heteroatoms. The highest BCUT2D eigenvalue weighted by atomic mass is 32.1. The Morgan fingerprint density at radius 3 is 2.21 bits per heavy atom. The number of hydrogen-bond donors (Lipinski definition) is 0. The number of rotatable bonds is 2. The standard InChI is InChI=1S/C38H21N3OS/c1-2-12-23-22(10-1)11-9-16-25(23)35-34-28-15-4-7-18-31(28)42-37(34)40-38(39-35)41-29-17-6-3-14-27(29)33-30(41)21-20-26-24-13-5-8-19-32(24)43-36(26)33/h1-21H. The third-order valence-corrected chi connectivity index (χ3v) is 9.86. The highest BCUT2D eigenvalue weighted by molar-refractivity contribution is 7.26. The number of para-hydroxylation sites is 2. The molecule has 0 bridgehead atoms. The lowest BCUT2D eigenvalue weighted by Crippen LogP contribution is -2.03. The van der Waals surface area contributed by atoms with Crippen LogP contribution in [-0.4, -0.2) is 14.5 Å². The highest BCUT2D eigenvalue weighted by Gasteiger charge is 2.23. The molecule has 0 N–H and O–H groups in total. The Balaban J connectivity index is 1.37. The number of nitrogens with zero attached hydrogens (tertiary/aromatic N) is 3. The number of furan rings is 1. The quantitative estimate of drug-likeness (QED) is 0.209. The summed E-state index contributed by atoms with van der Waals surface area (Å²) >= 11 is 1.85. The summed E-state index contributed by atoms with van der Waals surface area (Å²) in [7, 11) is 0. The molecule has 0 unspecified atom stereocenters. The van der Waals surface area contributed by atoms with Gasteiger partial charge in [0.05, 0.1) is 22.1 Å². The van der Waals surface area contributed by atoms with Gasteiger partial charge in [-0.05, 0) is 35.0 Å². The molecule has 0 aliphatic carbocycles. The first-order valence-electron chi connectivity index (χ1n) is 14.3. The molecule has 43 heavy (non-hydrogen) atoms. The first-order valence-corrected chi connectivity index (χ1v) is 15.2. The van der Waals surface area contributed by atoms with E-state index < -0.39 is 0 Å². The molecule has 4 aromatic heterocycles. The van der Waals surface area contributed by atoms with E-state index in [4.69, 9.17) is 14.4 Å². The fraction of sp³-hybridized carbons (Fsp3) is 0. The third-order valence-electron chi connectivity index (χ3n) is 8.65. The molecule has 10 rings (SSSR count). The molecular weight excluding hydrogens is 547 g/mol. The molecule has 4 heterocycles. The molecule has 0 radical (unpaired) electrons. The number of fused-ring (bicyclic) bond motifs is 11. The third kappa shape index (κ3) is 3.14. The van der Waals surface area contributed by atoms with Crippen molar-refractivity contribution in [1.82, 2.24) is 14.5 Å². The molecule has 0 amide bonds. The van der Waals surface area contributed by atoms with Gasteiger partial charge in [0.1, 0.15) is 5.58 Å². The van der Waals surface area contributed by atoms with E-state index in [1.807, 2.05) is 29.5 Å². The molecule has 0 atom stereocenters. The number of hydrogen-bond acceptors (Lipinski definition) is 4. The van der Waals surface area contributed by atoms with Gasteiger partial charge in [-0.3, -0.25) is 4.57 Å². The number of benzene rings is 6. The summed E-state index contributed by atoms with van der Waals surface area (Å²) in [5, 5.41) is 9.26. The van der Waals surface area contributed by atoms with Crippen molar-refractivity contribution in [2.24, 2.45) is 0 Å². The van der Waals surface area contributed by atoms with E-state index >= 15 is 0 Å². The summed E-state index contributed by atoms with van der Waals surface area (Å²) in [6.45, 7) is 0. The molecule has 200 valence electrons. The van der Waals surface area contributed by atoms with E-state index in [1.54, 1.807) is 0 Å². The first-order chi connectivity index (χ1) is 21.3. The largest absolute Gasteiger partial charge is 0.437 e. The van der Waals surface area contributed by atoms with Crippen LogP contribution in [-0.2, 0) is 0 Å². The molecule has 0 saturated heterocycles. The Kier molecular flexibility index (Phi) is 4.57. The summed E-state index contributed by atoms with van der Waals surface area (Å²) in [6.07, 6.45) is 0. The van der Waals surface area contributed by atoms with Crippen LogP contribution >= 0.6 is 11.3 Å². The van der Waals surface area contributed by atoms with Crippen molar-refractivity contribution in [2.45, 2.75) is 0 Å². The predicted molar refractivity (Wildman–Crippen MR) is 179 cm³/mol. The van der Waals surface area contributed by atoms with Gasteiger partial charge in [0.15, 0.2) is 0 Å². The monoisotopic (exact) mass is 567 g/mol. The Labute approximate surface area is 249 Å². The molecule has 0 saturated carbocycles. The van der Waals surface area contributed by atoms with Crippen LogP contribution in [0.4, 0.5) is 0 Å². The summed E-state index contributed by atoms with van der Waals surface area (Å²) in [4.78, 5) is 10.5. The van der Waals surface area contributed by atoms with Gasteiger partial charge in [-0.25, -0.2) is 4.98 Å². The second kappa shape index (κ2) is 8.51. The fourth-order valence-corrected chi connectivity index (χ4v) is 8.05. The topological polar surface area (TPSA) is 43.9 Å². The maximum atomic E-state index is 6.44. The van der Waals surface area contributed by atoms with Gasteiger partial charge in [0.2, 0.25) is 11.7 Å². The van der Waals surface area contributed by atoms with Crippen LogP contribution < -0.4 is 0 Å². The van der Waals surface area contributed by atoms with Crippen molar-refractivity contribution in [1.29, 1.82) is 0 Å². The van der Waals surface area contributed by atoms with Crippen molar-refractivity contribution in [3.05, 3.63) is 127 Å². The van der Waals surface area contributed by atoms with Crippen molar-refractivity contribution in [2.75, 3.05) is 0 Å². The zero-order valence-corrected chi connectivity index (χ0v) is 23.6. The van der Waals surface area contributed by atoms with Crippen molar-refractivity contribution < 1.29 is 4.42 Å². The normalized spacial score (nSPS) is 12.2. The van der Waals surface area contributed by atoms with Crippen LogP contribution in [0.1, 0.15) is 0 Å². The Morgan fingerprint density at radius 2 is 1.28 bits per heavy atom. The fourth-order valence-electron chi connectivity index (χ4n) is 6.79. The summed E-state index contributed by atoms with van der Waals surface area (Å²) in [5.74, 6) is 0.598. The minimum atomic E-state index is 0.586. The Morgan fingerprint density at radius 1 is 0.535 bits per heavy atom. The molecular formula is C38H21N3OS. The molecule has 4 nitrogen and oxygen atoms in total. The van der Waals surface area contributed by atoms with Crippen LogP contribution in [0.25, 0.3) is 92.0 Å². The van der Waals surface area contributed by atoms with E-state index in [0.717, 1.165) is 44.0 Å². The van der Waals surface area contributed by atoms with Gasteiger partial charge >= 0.3 is 0 Å². The number of thiophene rings is 1. The lowest BCUT2D eigenvalue weighted by molar-refractivity contribution is 0.651. The van der Waals surface area contributed by atoms with Crippen LogP contribution in [0.5, 0.6) is 0 Å². The molecule has 0 aliphatic heterocycles. The molecule has 6 aromatic carbocycles. The van der Waals surface area contributed by atoms with E-state index in [-0.39, 0.29) is 0 Å². The minimum Gasteiger partial charge on any atom is -0.437 e. The summed E-state index contributed by atoms with van der Waals surface area (Å²) < 4.78 is 11.2. The van der Waals surface area contributed by atoms with E-state index in [2.05, 4.69) is 114 Å². The van der Waals surface area contributed by atoms with Gasteiger partial charge < -0.3 is 4.42 Å². The van der Waals surface area contributed by atoms with Crippen LogP contribution in [0.15, 0.2) is 132 Å². The molecule has 0 aliphatic rings. The van der Waals surface area contributed by atoms with Crippen LogP contribution in [0, 0.1) is 0 Å². The highest BCUT2D eigenvalue weighted by Crippen LogP contribution is 2.44. The van der Waals surface area contributed by atoms with Gasteiger partial charge in [-0.1, -0.05) is 103 Å². The molecule has 0 fully saturated rings. The maximum absolute atomic E-state index is 6.44. The second-order valence-electron chi connectivity index (χ2n) is 11.0. The predicted octanol–water partition coefficient (Wildman–Crippen LogP) is 10.7. The van der Waals surface area contributed by atoms with Gasteiger partial charge in [0, 0.05) is 41.9 Å². The lowest BCUT2D eigenvalue weighted by atomic mass is 9.99. The maximum Gasteiger partial charge on any atom is 0.238 e. The van der Waals surface area contributed by atoms with Gasteiger partial charge in [-0.2, -0.15) is 4.98 Å². The van der Waals surface area contributed by atoms with E-state index in [1.165, 1.54) is 36.3 Å². The zero-order chi connectivity index (χ0) is 28.1. The van der Waals surface area contributed by atoms with Crippen molar-refractivity contribution in [3.8, 4) is 17.2 Å². The smallest absolute Gasteiger partial charge is 0.238 e. The second-order valence-corrected chi connectivity index (χ2v) is 12.0. The van der Waals surface area contributed by atoms with E-state index in [0.29, 0.717) is 11.7 Å². The van der Waals surface area contributed by atoms with Crippen molar-refractivity contribution >= 4 is 86.2 Å². The SMILES string of the molecule is c1ccc2c(-c3nc(-n4c5ccccc5c5c6sc7ccccc7c6ccc54)nc4oc5ccccc5c34)cccc2c1. The van der Waals surface area contributed by atoms with E-state index in [9.17, 15) is 0 Å².